The summed E-state index contributed by atoms with van der Waals surface area (Å²) in [6.07, 6.45) is 0.205. The van der Waals surface area contributed by atoms with Crippen LogP contribution in [-0.4, -0.2) is 63.0 Å². The summed E-state index contributed by atoms with van der Waals surface area (Å²) in [6, 6.07) is -0.919. The second-order valence-electron chi connectivity index (χ2n) is 11.5. The highest BCUT2D eigenvalue weighted by Gasteiger charge is 2.35. The molecule has 0 spiro atoms. The zero-order valence-electron chi connectivity index (χ0n) is 29.8. The van der Waals surface area contributed by atoms with E-state index in [1.807, 2.05) is 6.07 Å². The van der Waals surface area contributed by atoms with Gasteiger partial charge in [0.2, 0.25) is 5.95 Å². The first kappa shape index (κ1) is 23.4. The van der Waals surface area contributed by atoms with Crippen LogP contribution in [0.5, 0.6) is 0 Å². The van der Waals surface area contributed by atoms with Crippen LogP contribution in [0.3, 0.4) is 0 Å². The Bertz CT molecular complexity index is 2050. The second-order valence-corrected chi connectivity index (χ2v) is 12.5. The van der Waals surface area contributed by atoms with Gasteiger partial charge in [0, 0.05) is 49.9 Å². The van der Waals surface area contributed by atoms with E-state index in [1.54, 1.807) is 20.8 Å². The standard InChI is InChI=1S/C30H31F2N7O4S/c1-13(2)36-19-9-39(10-20(19)40)28-35-7-15-16-11-42-12-17(16)21(23(32)24(15)37-28)25-22-14(6-33)27(38-29(41)43-30(3,4)5)44-26(22)18(31)8-34-25/h7-8,13,19-20,36,40H,9-12H2,1-5H3,(H,38,41)/t19-,20+/m0/s1/i1D3,2D3. The summed E-state index contributed by atoms with van der Waals surface area (Å²) in [5, 5.41) is 26.3. The predicted octanol–water partition coefficient (Wildman–Crippen LogP) is 4.98. The van der Waals surface area contributed by atoms with Gasteiger partial charge in [0.25, 0.3) is 0 Å². The van der Waals surface area contributed by atoms with Gasteiger partial charge in [0.05, 0.1) is 47.5 Å². The number of aliphatic hydroxyl groups is 1. The predicted molar refractivity (Wildman–Crippen MR) is 161 cm³/mol. The Morgan fingerprint density at radius 2 is 2.05 bits per heavy atom. The molecule has 44 heavy (non-hydrogen) atoms. The molecule has 6 rings (SSSR count). The average molecular weight is 630 g/mol. The number of halogens is 2. The quantitative estimate of drug-likeness (QED) is 0.276. The Labute approximate surface area is 264 Å². The molecule has 2 aliphatic heterocycles. The Kier molecular flexibility index (Phi) is 5.92. The number of nitriles is 1. The maximum Gasteiger partial charge on any atom is 0.412 e. The molecule has 5 heterocycles. The minimum atomic E-state index is -2.89. The molecule has 0 bridgehead atoms. The average Bonchev–Trinajstić information content (AvgIpc) is 3.72. The molecular weight excluding hydrogens is 592 g/mol. The first-order valence-electron chi connectivity index (χ1n) is 16.6. The number of rotatable bonds is 5. The minimum absolute atomic E-state index is 0.0152. The van der Waals surface area contributed by atoms with E-state index in [0.29, 0.717) is 16.5 Å². The number of β-amino-alcohol motifs (C(OH)–C–C–N with tert-alkyl or cyclic N) is 1. The number of carbonyl (C=O) groups is 1. The number of hydrogen-bond donors (Lipinski definition) is 3. The zero-order chi connectivity index (χ0) is 36.5. The van der Waals surface area contributed by atoms with E-state index >= 15 is 8.78 Å². The highest BCUT2D eigenvalue weighted by molar-refractivity contribution is 7.23. The zero-order valence-corrected chi connectivity index (χ0v) is 24.6. The number of benzene rings is 1. The van der Waals surface area contributed by atoms with Gasteiger partial charge in [-0.3, -0.25) is 10.3 Å². The van der Waals surface area contributed by atoms with Crippen molar-refractivity contribution in [3.05, 3.63) is 40.7 Å². The molecule has 14 heteroatoms. The summed E-state index contributed by atoms with van der Waals surface area (Å²) >= 11 is 0.772. The lowest BCUT2D eigenvalue weighted by molar-refractivity contribution is 0.0636. The molecule has 1 amide bonds. The largest absolute Gasteiger partial charge is 0.444 e. The lowest BCUT2D eigenvalue weighted by atomic mass is 9.94. The van der Waals surface area contributed by atoms with Gasteiger partial charge in [-0.2, -0.15) is 5.26 Å². The van der Waals surface area contributed by atoms with E-state index in [9.17, 15) is 15.2 Å². The maximum atomic E-state index is 16.9. The van der Waals surface area contributed by atoms with Crippen molar-refractivity contribution in [3.8, 4) is 17.3 Å². The first-order valence-corrected chi connectivity index (χ1v) is 14.4. The summed E-state index contributed by atoms with van der Waals surface area (Å²) in [7, 11) is 0. The molecule has 1 fully saturated rings. The van der Waals surface area contributed by atoms with Gasteiger partial charge in [-0.25, -0.2) is 23.5 Å². The topological polar surface area (TPSA) is 146 Å². The molecule has 3 N–H and O–H groups in total. The number of hydrogen-bond acceptors (Lipinski definition) is 11. The van der Waals surface area contributed by atoms with E-state index in [-0.39, 0.29) is 69.7 Å². The molecule has 0 saturated carbocycles. The van der Waals surface area contributed by atoms with Gasteiger partial charge in [0.15, 0.2) is 11.6 Å². The maximum absolute atomic E-state index is 16.9. The number of fused-ring (bicyclic) bond motifs is 4. The van der Waals surface area contributed by atoms with Crippen molar-refractivity contribution in [1.82, 2.24) is 20.3 Å². The molecule has 2 aliphatic rings. The summed E-state index contributed by atoms with van der Waals surface area (Å²) in [4.78, 5) is 27.1. The molecule has 4 aromatic rings. The highest BCUT2D eigenvalue weighted by Crippen LogP contribution is 2.46. The number of nitrogens with zero attached hydrogens (tertiary/aromatic N) is 5. The fourth-order valence-electron chi connectivity index (χ4n) is 5.48. The van der Waals surface area contributed by atoms with Gasteiger partial charge in [-0.15, -0.1) is 11.3 Å². The SMILES string of the molecule is [2H]C([2H])([2H])C(N[C@H]1CN(c2ncc3c4c(c(-c5ncc(F)c6sc(NC(=O)OC(C)(C)C)c(C#N)c56)c(F)c3n2)COC4)C[C@H]1O)C([2H])([2H])[2H]. The normalized spacial score (nSPS) is 20.9. The minimum Gasteiger partial charge on any atom is -0.444 e. The van der Waals surface area contributed by atoms with Crippen molar-refractivity contribution in [2.45, 2.75) is 71.5 Å². The van der Waals surface area contributed by atoms with Crippen LogP contribution in [0.1, 0.15) is 59.4 Å². The number of ether oxygens (including phenoxy) is 2. The molecule has 11 nitrogen and oxygen atoms in total. The van der Waals surface area contributed by atoms with E-state index in [1.165, 1.54) is 11.1 Å². The van der Waals surface area contributed by atoms with Crippen LogP contribution >= 0.6 is 11.3 Å². The summed E-state index contributed by atoms with van der Waals surface area (Å²) in [5.41, 5.74) is -0.393. The van der Waals surface area contributed by atoms with Crippen LogP contribution in [0.2, 0.25) is 0 Å². The van der Waals surface area contributed by atoms with E-state index in [4.69, 9.17) is 17.7 Å². The number of aliphatic hydroxyl groups excluding tert-OH is 1. The third-order valence-corrected chi connectivity index (χ3v) is 8.39. The fraction of sp³-hybridized carbons (Fsp3) is 0.433. The molecule has 0 aliphatic carbocycles. The van der Waals surface area contributed by atoms with Crippen molar-refractivity contribution < 1.29 is 36.4 Å². The Balaban J connectivity index is 1.44. The van der Waals surface area contributed by atoms with Crippen LogP contribution in [-0.2, 0) is 22.7 Å². The van der Waals surface area contributed by atoms with Crippen LogP contribution in [0.25, 0.3) is 32.2 Å². The number of pyridine rings is 1. The number of amides is 1. The fourth-order valence-corrected chi connectivity index (χ4v) is 6.52. The van der Waals surface area contributed by atoms with Crippen LogP contribution in [0, 0.1) is 23.0 Å². The van der Waals surface area contributed by atoms with Crippen molar-refractivity contribution >= 4 is 49.4 Å². The van der Waals surface area contributed by atoms with Gasteiger partial charge >= 0.3 is 6.09 Å². The molecule has 230 valence electrons. The lowest BCUT2D eigenvalue weighted by Crippen LogP contribution is -2.42. The van der Waals surface area contributed by atoms with E-state index in [0.717, 1.165) is 17.5 Å². The third-order valence-electron chi connectivity index (χ3n) is 7.27. The van der Waals surface area contributed by atoms with Gasteiger partial charge in [-0.05, 0) is 31.9 Å². The summed E-state index contributed by atoms with van der Waals surface area (Å²) in [5.74, 6) is -1.70. The number of carbonyl (C=O) groups excluding carboxylic acids is 1. The molecule has 0 unspecified atom stereocenters. The van der Waals surface area contributed by atoms with Crippen molar-refractivity contribution in [1.29, 1.82) is 5.26 Å². The van der Waals surface area contributed by atoms with Gasteiger partial charge in [-0.1, -0.05) is 13.7 Å². The van der Waals surface area contributed by atoms with Crippen LogP contribution in [0.15, 0.2) is 12.4 Å². The summed E-state index contributed by atoms with van der Waals surface area (Å²) < 4.78 is 89.1. The van der Waals surface area contributed by atoms with Crippen LogP contribution in [0.4, 0.5) is 24.5 Å². The molecular formula is C30H31F2N7O4S. The Morgan fingerprint density at radius 1 is 1.27 bits per heavy atom. The number of thiophene rings is 1. The second kappa shape index (κ2) is 11.2. The van der Waals surface area contributed by atoms with Crippen LogP contribution < -0.4 is 15.5 Å². The molecule has 1 aromatic carbocycles. The summed E-state index contributed by atoms with van der Waals surface area (Å²) in [6.45, 7) is -0.993. The van der Waals surface area contributed by atoms with E-state index < -0.39 is 55.2 Å². The van der Waals surface area contributed by atoms with Crippen molar-refractivity contribution in [2.24, 2.45) is 0 Å². The van der Waals surface area contributed by atoms with Crippen molar-refractivity contribution in [2.75, 3.05) is 23.3 Å². The Hall–Kier alpha value is -4.03. The third kappa shape index (κ3) is 5.30. The number of aromatic nitrogens is 3. The number of anilines is 2. The van der Waals surface area contributed by atoms with Gasteiger partial charge < -0.3 is 24.8 Å². The van der Waals surface area contributed by atoms with E-state index in [2.05, 4.69) is 25.6 Å². The monoisotopic (exact) mass is 629 g/mol. The smallest absolute Gasteiger partial charge is 0.412 e. The molecule has 0 radical (unpaired) electrons. The highest BCUT2D eigenvalue weighted by atomic mass is 32.1. The number of nitrogens with one attached hydrogen (secondary N) is 2. The molecule has 1 saturated heterocycles. The molecule has 2 atom stereocenters. The Morgan fingerprint density at radius 3 is 2.77 bits per heavy atom. The first-order chi connectivity index (χ1) is 23.3. The van der Waals surface area contributed by atoms with Crippen molar-refractivity contribution in [3.63, 3.8) is 0 Å². The molecule has 3 aromatic heterocycles. The van der Waals surface area contributed by atoms with Gasteiger partial charge in [0.1, 0.15) is 22.2 Å². The lowest BCUT2D eigenvalue weighted by Gasteiger charge is -2.19.